The Morgan fingerprint density at radius 3 is 2.44 bits per heavy atom. The number of ether oxygens (including phenoxy) is 1. The maximum Gasteiger partial charge on any atom is 0.417 e. The summed E-state index contributed by atoms with van der Waals surface area (Å²) < 4.78 is 5.01. The van der Waals surface area contributed by atoms with E-state index in [0.717, 1.165) is 5.56 Å². The third-order valence-electron chi connectivity index (χ3n) is 2.92. The second-order valence-electron chi connectivity index (χ2n) is 5.43. The third-order valence-corrected chi connectivity index (χ3v) is 2.92. The Labute approximate surface area is 107 Å². The van der Waals surface area contributed by atoms with E-state index in [2.05, 4.69) is 0 Å². The molecule has 0 unspecified atom stereocenters. The molecule has 4 nitrogen and oxygen atoms in total. The quantitative estimate of drug-likeness (QED) is 0.766. The van der Waals surface area contributed by atoms with Gasteiger partial charge in [0.05, 0.1) is 0 Å². The molecule has 0 aromatic heterocycles. The van der Waals surface area contributed by atoms with Crippen molar-refractivity contribution >= 4 is 12.0 Å². The summed E-state index contributed by atoms with van der Waals surface area (Å²) in [4.78, 5) is 25.2. The lowest BCUT2D eigenvalue weighted by molar-refractivity contribution is -0.137. The van der Waals surface area contributed by atoms with E-state index in [9.17, 15) is 9.59 Å². The van der Waals surface area contributed by atoms with Gasteiger partial charge in [0.25, 0.3) is 0 Å². The molecule has 0 radical (unpaired) electrons. The molecule has 1 aromatic rings. The van der Waals surface area contributed by atoms with E-state index in [-0.39, 0.29) is 18.6 Å². The summed E-state index contributed by atoms with van der Waals surface area (Å²) in [5.41, 5.74) is 0.317. The maximum atomic E-state index is 12.3. The maximum absolute atomic E-state index is 12.3. The van der Waals surface area contributed by atoms with E-state index in [1.165, 1.54) is 4.90 Å². The molecule has 2 rings (SSSR count). The number of nitrogens with zero attached hydrogens (tertiary/aromatic N) is 1. The van der Waals surface area contributed by atoms with Crippen molar-refractivity contribution in [1.29, 1.82) is 0 Å². The lowest BCUT2D eigenvalue weighted by atomic mass is 9.93. The Morgan fingerprint density at radius 2 is 1.89 bits per heavy atom. The number of cyclic esters (lactones) is 1. The van der Waals surface area contributed by atoms with Crippen molar-refractivity contribution in [1.82, 2.24) is 4.90 Å². The summed E-state index contributed by atoms with van der Waals surface area (Å²) in [5.74, 6) is -0.209. The molecule has 0 aliphatic carbocycles. The van der Waals surface area contributed by atoms with Gasteiger partial charge in [0.2, 0.25) is 5.91 Å². The van der Waals surface area contributed by atoms with Gasteiger partial charge in [-0.05, 0) is 5.56 Å². The molecule has 1 heterocycles. The number of rotatable bonds is 1. The zero-order valence-corrected chi connectivity index (χ0v) is 10.8. The molecular formula is C14H17NO3. The van der Waals surface area contributed by atoms with Crippen LogP contribution in [0.1, 0.15) is 32.4 Å². The lowest BCUT2D eigenvalue weighted by Gasteiger charge is -2.26. The molecule has 18 heavy (non-hydrogen) atoms. The van der Waals surface area contributed by atoms with Crippen LogP contribution >= 0.6 is 0 Å². The second-order valence-corrected chi connectivity index (χ2v) is 5.43. The van der Waals surface area contributed by atoms with Crippen LogP contribution < -0.4 is 0 Å². The van der Waals surface area contributed by atoms with Gasteiger partial charge in [-0.15, -0.1) is 0 Å². The van der Waals surface area contributed by atoms with Gasteiger partial charge < -0.3 is 4.74 Å². The first-order valence-corrected chi connectivity index (χ1v) is 5.96. The summed E-state index contributed by atoms with van der Waals surface area (Å²) >= 11 is 0. The van der Waals surface area contributed by atoms with Gasteiger partial charge in [-0.3, -0.25) is 4.79 Å². The zero-order chi connectivity index (χ0) is 13.3. The molecule has 1 saturated heterocycles. The van der Waals surface area contributed by atoms with E-state index in [0.29, 0.717) is 0 Å². The standard InChI is InChI=1S/C14H17NO3/c1-14(2,3)12(16)15-11(9-18-13(15)17)10-7-5-4-6-8-10/h4-8,11H,9H2,1-3H3/t11-/m1/s1. The Hall–Kier alpha value is -1.84. The average Bonchev–Trinajstić information content (AvgIpc) is 2.70. The van der Waals surface area contributed by atoms with Crippen molar-refractivity contribution in [2.75, 3.05) is 6.61 Å². The minimum atomic E-state index is -0.601. The Kier molecular flexibility index (Phi) is 3.11. The van der Waals surface area contributed by atoms with E-state index >= 15 is 0 Å². The molecule has 2 amide bonds. The minimum absolute atomic E-state index is 0.209. The first kappa shape index (κ1) is 12.6. The summed E-state index contributed by atoms with van der Waals surface area (Å²) in [6.45, 7) is 5.61. The predicted molar refractivity (Wildman–Crippen MR) is 66.8 cm³/mol. The highest BCUT2D eigenvalue weighted by molar-refractivity contribution is 5.96. The van der Waals surface area contributed by atoms with Crippen molar-refractivity contribution in [2.24, 2.45) is 5.41 Å². The van der Waals surface area contributed by atoms with Gasteiger partial charge in [-0.2, -0.15) is 0 Å². The van der Waals surface area contributed by atoms with Gasteiger partial charge in [-0.25, -0.2) is 9.69 Å². The largest absolute Gasteiger partial charge is 0.446 e. The van der Waals surface area contributed by atoms with Crippen LogP contribution in [-0.4, -0.2) is 23.5 Å². The third kappa shape index (κ3) is 2.23. The number of carbonyl (C=O) groups is 2. The highest BCUT2D eigenvalue weighted by Crippen LogP contribution is 2.31. The van der Waals surface area contributed by atoms with Gasteiger partial charge in [0.15, 0.2) is 0 Å². The first-order valence-electron chi connectivity index (χ1n) is 5.96. The molecule has 0 saturated carbocycles. The molecule has 0 bridgehead atoms. The average molecular weight is 247 g/mol. The van der Waals surface area contributed by atoms with Gasteiger partial charge in [0.1, 0.15) is 12.6 Å². The van der Waals surface area contributed by atoms with Crippen LogP contribution in [0.15, 0.2) is 30.3 Å². The number of hydrogen-bond donors (Lipinski definition) is 0. The smallest absolute Gasteiger partial charge is 0.417 e. The van der Waals surface area contributed by atoms with Gasteiger partial charge >= 0.3 is 6.09 Å². The molecule has 1 aliphatic heterocycles. The molecular weight excluding hydrogens is 230 g/mol. The fourth-order valence-electron chi connectivity index (χ4n) is 1.93. The highest BCUT2D eigenvalue weighted by Gasteiger charge is 2.42. The number of hydrogen-bond acceptors (Lipinski definition) is 3. The van der Waals surface area contributed by atoms with Crippen LogP contribution in [0, 0.1) is 5.41 Å². The van der Waals surface area contributed by atoms with Crippen molar-refractivity contribution in [3.8, 4) is 0 Å². The van der Waals surface area contributed by atoms with Crippen LogP contribution in [0.2, 0.25) is 0 Å². The number of amides is 2. The molecule has 1 fully saturated rings. The molecule has 0 spiro atoms. The van der Waals surface area contributed by atoms with Gasteiger partial charge in [0, 0.05) is 5.41 Å². The number of imide groups is 1. The van der Waals surface area contributed by atoms with Crippen LogP contribution in [-0.2, 0) is 9.53 Å². The monoisotopic (exact) mass is 247 g/mol. The Bertz CT molecular complexity index is 462. The fraction of sp³-hybridized carbons (Fsp3) is 0.429. The molecule has 4 heteroatoms. The van der Waals surface area contributed by atoms with Crippen LogP contribution in [0.3, 0.4) is 0 Å². The molecule has 1 atom stereocenters. The SMILES string of the molecule is CC(C)(C)C(=O)N1C(=O)OC[C@@H]1c1ccccc1. The Morgan fingerprint density at radius 1 is 1.28 bits per heavy atom. The lowest BCUT2D eigenvalue weighted by Crippen LogP contribution is -2.41. The van der Waals surface area contributed by atoms with E-state index in [1.54, 1.807) is 20.8 Å². The number of carbonyl (C=O) groups excluding carboxylic acids is 2. The second kappa shape index (κ2) is 4.44. The fourth-order valence-corrected chi connectivity index (χ4v) is 1.93. The van der Waals surface area contributed by atoms with Crippen molar-refractivity contribution in [2.45, 2.75) is 26.8 Å². The topological polar surface area (TPSA) is 46.6 Å². The van der Waals surface area contributed by atoms with Crippen LogP contribution in [0.5, 0.6) is 0 Å². The van der Waals surface area contributed by atoms with Crippen LogP contribution in [0.25, 0.3) is 0 Å². The first-order chi connectivity index (χ1) is 8.41. The minimum Gasteiger partial charge on any atom is -0.446 e. The summed E-state index contributed by atoms with van der Waals surface area (Å²) in [6.07, 6.45) is -0.552. The number of benzene rings is 1. The molecule has 96 valence electrons. The molecule has 1 aliphatic rings. The summed E-state index contributed by atoms with van der Waals surface area (Å²) in [5, 5.41) is 0. The predicted octanol–water partition coefficient (Wildman–Crippen LogP) is 2.75. The van der Waals surface area contributed by atoms with Crippen molar-refractivity contribution < 1.29 is 14.3 Å². The Balaban J connectivity index is 2.32. The van der Waals surface area contributed by atoms with Crippen molar-refractivity contribution in [3.63, 3.8) is 0 Å². The van der Waals surface area contributed by atoms with E-state index < -0.39 is 11.5 Å². The normalized spacial score (nSPS) is 19.8. The highest BCUT2D eigenvalue weighted by atomic mass is 16.6. The van der Waals surface area contributed by atoms with E-state index in [1.807, 2.05) is 30.3 Å². The summed E-state index contributed by atoms with van der Waals surface area (Å²) in [7, 11) is 0. The van der Waals surface area contributed by atoms with Gasteiger partial charge in [-0.1, -0.05) is 51.1 Å². The van der Waals surface area contributed by atoms with E-state index in [4.69, 9.17) is 4.74 Å². The zero-order valence-electron chi connectivity index (χ0n) is 10.8. The molecule has 0 N–H and O–H groups in total. The van der Waals surface area contributed by atoms with Crippen LogP contribution in [0.4, 0.5) is 4.79 Å². The van der Waals surface area contributed by atoms with Crippen molar-refractivity contribution in [3.05, 3.63) is 35.9 Å². The molecule has 1 aromatic carbocycles. The summed E-state index contributed by atoms with van der Waals surface area (Å²) in [6, 6.07) is 9.16.